The van der Waals surface area contributed by atoms with Crippen LogP contribution in [0.15, 0.2) is 0 Å². The molecule has 0 spiro atoms. The molecule has 0 unspecified atom stereocenters. The van der Waals surface area contributed by atoms with Crippen molar-refractivity contribution in [2.24, 2.45) is 11.8 Å². The molecular weight excluding hydrogens is 278 g/mol. The molecule has 0 bridgehead atoms. The molecule has 2 atom stereocenters. The Labute approximate surface area is 131 Å². The molecule has 2 aliphatic rings. The molecule has 2 saturated heterocycles. The lowest BCUT2D eigenvalue weighted by Gasteiger charge is -2.18. The van der Waals surface area contributed by atoms with Gasteiger partial charge in [-0.25, -0.2) is 0 Å². The van der Waals surface area contributed by atoms with Gasteiger partial charge < -0.3 is 15.2 Å². The third kappa shape index (κ3) is 2.47. The van der Waals surface area contributed by atoms with Crippen LogP contribution in [0, 0.1) is 18.8 Å². The number of rotatable bonds is 4. The molecular formula is C17H25N3O2. The smallest absolute Gasteiger partial charge is 0.270 e. The second-order valence-corrected chi connectivity index (χ2v) is 6.67. The maximum atomic E-state index is 12.9. The number of fused-ring (bicyclic) bond motifs is 1. The number of aromatic nitrogens is 1. The largest absolute Gasteiger partial charge is 0.354 e. The van der Waals surface area contributed by atoms with E-state index >= 15 is 0 Å². The standard InChI is InChI=1S/C17H25N3O2/c1-4-5-14-15(11(3)21)10(2)19-16(14)17(22)20-8-12-6-18-7-13(12)9-20/h12-13,18-19H,4-9H2,1-3H3/t12-,13+. The van der Waals surface area contributed by atoms with E-state index in [0.29, 0.717) is 23.1 Å². The lowest BCUT2D eigenvalue weighted by atomic mass is 10.0. The van der Waals surface area contributed by atoms with E-state index in [9.17, 15) is 9.59 Å². The average molecular weight is 303 g/mol. The minimum atomic E-state index is 0.0405. The molecule has 2 fully saturated rings. The summed E-state index contributed by atoms with van der Waals surface area (Å²) in [7, 11) is 0. The molecule has 120 valence electrons. The van der Waals surface area contributed by atoms with Crippen LogP contribution in [0.3, 0.4) is 0 Å². The van der Waals surface area contributed by atoms with Crippen LogP contribution < -0.4 is 5.32 Å². The van der Waals surface area contributed by atoms with E-state index in [-0.39, 0.29) is 11.7 Å². The minimum absolute atomic E-state index is 0.0405. The summed E-state index contributed by atoms with van der Waals surface area (Å²) in [4.78, 5) is 30.0. The maximum absolute atomic E-state index is 12.9. The Balaban J connectivity index is 1.89. The summed E-state index contributed by atoms with van der Waals surface area (Å²) in [5.41, 5.74) is 3.08. The molecule has 1 aromatic heterocycles. The Kier molecular flexibility index (Phi) is 4.08. The minimum Gasteiger partial charge on any atom is -0.354 e. The summed E-state index contributed by atoms with van der Waals surface area (Å²) in [6.07, 6.45) is 1.69. The SMILES string of the molecule is CCCc1c(C(=O)N2C[C@H]3CNC[C@H]3C2)[nH]c(C)c1C(C)=O. The molecule has 2 aliphatic heterocycles. The van der Waals surface area contributed by atoms with Crippen molar-refractivity contribution in [3.05, 3.63) is 22.5 Å². The van der Waals surface area contributed by atoms with E-state index in [1.54, 1.807) is 6.92 Å². The van der Waals surface area contributed by atoms with Crippen LogP contribution in [0.25, 0.3) is 0 Å². The van der Waals surface area contributed by atoms with Crippen LogP contribution >= 0.6 is 0 Å². The summed E-state index contributed by atoms with van der Waals surface area (Å²) in [5.74, 6) is 1.27. The predicted molar refractivity (Wildman–Crippen MR) is 85.3 cm³/mol. The zero-order chi connectivity index (χ0) is 15.9. The molecule has 5 heteroatoms. The van der Waals surface area contributed by atoms with E-state index in [1.165, 1.54) is 0 Å². The number of aryl methyl sites for hydroxylation is 1. The number of nitrogens with zero attached hydrogens (tertiary/aromatic N) is 1. The molecule has 0 saturated carbocycles. The molecule has 0 radical (unpaired) electrons. The average Bonchev–Trinajstić information content (AvgIpc) is 3.11. The molecule has 1 aromatic rings. The van der Waals surface area contributed by atoms with Crippen LogP contribution in [0.4, 0.5) is 0 Å². The quantitative estimate of drug-likeness (QED) is 0.833. The van der Waals surface area contributed by atoms with Crippen molar-refractivity contribution in [3.63, 3.8) is 0 Å². The molecule has 0 aromatic carbocycles. The van der Waals surface area contributed by atoms with Gasteiger partial charge in [-0.2, -0.15) is 0 Å². The fraction of sp³-hybridized carbons (Fsp3) is 0.647. The summed E-state index contributed by atoms with van der Waals surface area (Å²) >= 11 is 0. The number of carbonyl (C=O) groups is 2. The number of Topliss-reactive ketones (excluding diaryl/α,β-unsaturated/α-hetero) is 1. The number of aromatic amines is 1. The third-order valence-corrected chi connectivity index (χ3v) is 5.03. The Bertz CT molecular complexity index is 593. The van der Waals surface area contributed by atoms with E-state index in [0.717, 1.165) is 50.3 Å². The first-order chi connectivity index (χ1) is 10.5. The Morgan fingerprint density at radius 1 is 1.23 bits per heavy atom. The van der Waals surface area contributed by atoms with Gasteiger partial charge in [-0.1, -0.05) is 13.3 Å². The monoisotopic (exact) mass is 303 g/mol. The first-order valence-electron chi connectivity index (χ1n) is 8.25. The lowest BCUT2D eigenvalue weighted by Crippen LogP contribution is -2.32. The van der Waals surface area contributed by atoms with Crippen LogP contribution in [-0.4, -0.2) is 47.8 Å². The van der Waals surface area contributed by atoms with Crippen molar-refractivity contribution in [1.29, 1.82) is 0 Å². The van der Waals surface area contributed by atoms with Gasteiger partial charge in [0.15, 0.2) is 5.78 Å². The fourth-order valence-electron chi connectivity index (χ4n) is 4.02. The number of H-pyrrole nitrogens is 1. The Hall–Kier alpha value is -1.62. The van der Waals surface area contributed by atoms with Crippen LogP contribution in [0.2, 0.25) is 0 Å². The van der Waals surface area contributed by atoms with Gasteiger partial charge in [0.25, 0.3) is 5.91 Å². The third-order valence-electron chi connectivity index (χ3n) is 5.03. The highest BCUT2D eigenvalue weighted by Gasteiger charge is 2.39. The van der Waals surface area contributed by atoms with E-state index < -0.39 is 0 Å². The molecule has 22 heavy (non-hydrogen) atoms. The highest BCUT2D eigenvalue weighted by atomic mass is 16.2. The van der Waals surface area contributed by atoms with Crippen molar-refractivity contribution in [2.45, 2.75) is 33.6 Å². The maximum Gasteiger partial charge on any atom is 0.270 e. The van der Waals surface area contributed by atoms with Gasteiger partial charge in [-0.15, -0.1) is 0 Å². The number of nitrogens with one attached hydrogen (secondary N) is 2. The number of carbonyl (C=O) groups excluding carboxylic acids is 2. The van der Waals surface area contributed by atoms with Crippen LogP contribution in [0.1, 0.15) is 52.4 Å². The van der Waals surface area contributed by atoms with Crippen molar-refractivity contribution < 1.29 is 9.59 Å². The second-order valence-electron chi connectivity index (χ2n) is 6.67. The van der Waals surface area contributed by atoms with Gasteiger partial charge in [0.2, 0.25) is 0 Å². The van der Waals surface area contributed by atoms with E-state index in [4.69, 9.17) is 0 Å². The topological polar surface area (TPSA) is 65.2 Å². The number of amides is 1. The molecule has 0 aliphatic carbocycles. The zero-order valence-corrected chi connectivity index (χ0v) is 13.7. The van der Waals surface area contributed by atoms with Crippen LogP contribution in [-0.2, 0) is 6.42 Å². The lowest BCUT2D eigenvalue weighted by molar-refractivity contribution is 0.0775. The number of hydrogen-bond acceptors (Lipinski definition) is 3. The summed E-state index contributed by atoms with van der Waals surface area (Å²) in [6, 6.07) is 0. The predicted octanol–water partition coefficient (Wildman–Crippen LogP) is 1.77. The Morgan fingerprint density at radius 3 is 2.41 bits per heavy atom. The number of likely N-dealkylation sites (tertiary alicyclic amines) is 1. The zero-order valence-electron chi connectivity index (χ0n) is 13.7. The molecule has 3 rings (SSSR count). The molecule has 5 nitrogen and oxygen atoms in total. The highest BCUT2D eigenvalue weighted by molar-refractivity contribution is 6.02. The van der Waals surface area contributed by atoms with Crippen molar-refractivity contribution in [2.75, 3.05) is 26.2 Å². The van der Waals surface area contributed by atoms with E-state index in [2.05, 4.69) is 17.2 Å². The van der Waals surface area contributed by atoms with Gasteiger partial charge in [0.1, 0.15) is 5.69 Å². The number of ketones is 1. The second kappa shape index (κ2) is 5.88. The first kappa shape index (κ1) is 15.3. The molecule has 1 amide bonds. The summed E-state index contributed by atoms with van der Waals surface area (Å²) in [5, 5.41) is 3.39. The summed E-state index contributed by atoms with van der Waals surface area (Å²) < 4.78 is 0. The van der Waals surface area contributed by atoms with Gasteiger partial charge >= 0.3 is 0 Å². The van der Waals surface area contributed by atoms with Gasteiger partial charge in [-0.3, -0.25) is 9.59 Å². The summed E-state index contributed by atoms with van der Waals surface area (Å²) in [6.45, 7) is 9.22. The van der Waals surface area contributed by atoms with Crippen LogP contribution in [0.5, 0.6) is 0 Å². The number of hydrogen-bond donors (Lipinski definition) is 2. The van der Waals surface area contributed by atoms with Gasteiger partial charge in [-0.05, 0) is 37.7 Å². The molecule has 2 N–H and O–H groups in total. The van der Waals surface area contributed by atoms with E-state index in [1.807, 2.05) is 11.8 Å². The van der Waals surface area contributed by atoms with Gasteiger partial charge in [0.05, 0.1) is 0 Å². The van der Waals surface area contributed by atoms with Crippen molar-refractivity contribution in [1.82, 2.24) is 15.2 Å². The molecule has 3 heterocycles. The first-order valence-corrected chi connectivity index (χ1v) is 8.25. The Morgan fingerprint density at radius 2 is 1.86 bits per heavy atom. The van der Waals surface area contributed by atoms with Gasteiger partial charge in [0, 0.05) is 37.4 Å². The normalized spacial score (nSPS) is 23.9. The van der Waals surface area contributed by atoms with Crippen molar-refractivity contribution >= 4 is 11.7 Å². The fourth-order valence-corrected chi connectivity index (χ4v) is 4.02. The highest BCUT2D eigenvalue weighted by Crippen LogP contribution is 2.29. The van der Waals surface area contributed by atoms with Crippen molar-refractivity contribution in [3.8, 4) is 0 Å².